The Morgan fingerprint density at radius 1 is 1.23 bits per heavy atom. The molecular formula is C19H33N7O3S. The summed E-state index contributed by atoms with van der Waals surface area (Å²) in [6.07, 6.45) is 2.83. The van der Waals surface area contributed by atoms with Crippen LogP contribution in [0.1, 0.15) is 53.0 Å². The molecule has 0 aromatic carbocycles. The highest BCUT2D eigenvalue weighted by Crippen LogP contribution is 2.37. The summed E-state index contributed by atoms with van der Waals surface area (Å²) < 4.78 is 7.25. The van der Waals surface area contributed by atoms with E-state index in [4.69, 9.17) is 4.74 Å². The van der Waals surface area contributed by atoms with Crippen LogP contribution in [-0.4, -0.2) is 92.1 Å². The topological polar surface area (TPSA) is 105 Å². The lowest BCUT2D eigenvalue weighted by Gasteiger charge is -2.35. The van der Waals surface area contributed by atoms with Crippen molar-refractivity contribution in [2.24, 2.45) is 0 Å². The number of amides is 2. The first-order valence-corrected chi connectivity index (χ1v) is 11.5. The van der Waals surface area contributed by atoms with Crippen molar-refractivity contribution in [1.29, 1.82) is 0 Å². The van der Waals surface area contributed by atoms with Gasteiger partial charge in [-0.1, -0.05) is 11.8 Å². The summed E-state index contributed by atoms with van der Waals surface area (Å²) in [6.45, 7) is 12.0. The van der Waals surface area contributed by atoms with Crippen molar-refractivity contribution in [3.05, 3.63) is 0 Å². The van der Waals surface area contributed by atoms with Crippen molar-refractivity contribution in [3.8, 4) is 0 Å². The molecule has 168 valence electrons. The number of carbonyl (C=O) groups excluding carboxylic acids is 2. The fourth-order valence-electron chi connectivity index (χ4n) is 3.16. The van der Waals surface area contributed by atoms with E-state index in [1.807, 2.05) is 32.4 Å². The number of carbonyl (C=O) groups is 2. The predicted octanol–water partition coefficient (Wildman–Crippen LogP) is 1.55. The third-order valence-corrected chi connectivity index (χ3v) is 6.03. The molecule has 10 nitrogen and oxygen atoms in total. The number of thioether (sulfide) groups is 1. The number of aromatic nitrogens is 4. The maximum Gasteiger partial charge on any atom is 0.410 e. The molecule has 1 aromatic heterocycles. The Morgan fingerprint density at radius 3 is 2.57 bits per heavy atom. The predicted molar refractivity (Wildman–Crippen MR) is 113 cm³/mol. The second kappa shape index (κ2) is 9.95. The number of piperazine rings is 1. The molecule has 1 atom stereocenters. The standard InChI is InChI=1S/C19H33N7O3S/c1-14(30-17-21-22-23-26(17)15-6-7-15)16(27)20-8-5-9-24-10-12-25(13-11-24)18(28)29-19(2,3)4/h14-15H,5-13H2,1-4H3,(H,20,27). The first-order chi connectivity index (χ1) is 14.2. The molecule has 0 spiro atoms. The third kappa shape index (κ3) is 6.83. The Bertz CT molecular complexity index is 724. The van der Waals surface area contributed by atoms with Crippen LogP contribution in [0.5, 0.6) is 0 Å². The largest absolute Gasteiger partial charge is 0.444 e. The Hall–Kier alpha value is -1.88. The molecule has 2 aliphatic rings. The number of nitrogens with zero attached hydrogens (tertiary/aromatic N) is 6. The molecule has 1 aromatic rings. The van der Waals surface area contributed by atoms with E-state index in [1.165, 1.54) is 11.8 Å². The van der Waals surface area contributed by atoms with Gasteiger partial charge in [0.1, 0.15) is 5.60 Å². The van der Waals surface area contributed by atoms with E-state index in [0.717, 1.165) is 38.9 Å². The van der Waals surface area contributed by atoms with E-state index in [0.29, 0.717) is 30.8 Å². The van der Waals surface area contributed by atoms with E-state index in [-0.39, 0.29) is 17.3 Å². The molecular weight excluding hydrogens is 406 g/mol. The number of ether oxygens (including phenoxy) is 1. The zero-order chi connectivity index (χ0) is 21.7. The SMILES string of the molecule is CC(Sc1nnnn1C1CC1)C(=O)NCCCN1CCN(C(=O)OC(C)(C)C)CC1. The molecule has 11 heteroatoms. The third-order valence-electron chi connectivity index (χ3n) is 4.98. The van der Waals surface area contributed by atoms with Crippen molar-refractivity contribution < 1.29 is 14.3 Å². The monoisotopic (exact) mass is 439 g/mol. The van der Waals surface area contributed by atoms with E-state index in [1.54, 1.807) is 4.90 Å². The van der Waals surface area contributed by atoms with E-state index >= 15 is 0 Å². The highest BCUT2D eigenvalue weighted by Gasteiger charge is 2.29. The van der Waals surface area contributed by atoms with Gasteiger partial charge in [0, 0.05) is 32.7 Å². The van der Waals surface area contributed by atoms with Gasteiger partial charge >= 0.3 is 6.09 Å². The lowest BCUT2D eigenvalue weighted by Crippen LogP contribution is -2.50. The maximum absolute atomic E-state index is 12.4. The molecule has 1 aliphatic heterocycles. The molecule has 1 unspecified atom stereocenters. The van der Waals surface area contributed by atoms with Gasteiger partial charge in [-0.15, -0.1) is 5.10 Å². The minimum absolute atomic E-state index is 0.0000851. The highest BCUT2D eigenvalue weighted by molar-refractivity contribution is 8.00. The lowest BCUT2D eigenvalue weighted by atomic mass is 10.2. The second-order valence-corrected chi connectivity index (χ2v) is 10.2. The normalized spacial score (nSPS) is 18.9. The fraction of sp³-hybridized carbons (Fsp3) is 0.842. The van der Waals surface area contributed by atoms with Crippen LogP contribution in [0.4, 0.5) is 4.79 Å². The van der Waals surface area contributed by atoms with Crippen molar-refractivity contribution >= 4 is 23.8 Å². The van der Waals surface area contributed by atoms with Crippen molar-refractivity contribution in [2.45, 2.75) is 69.0 Å². The number of hydrogen-bond donors (Lipinski definition) is 1. The summed E-state index contributed by atoms with van der Waals surface area (Å²) in [7, 11) is 0. The van der Waals surface area contributed by atoms with Crippen LogP contribution in [0.2, 0.25) is 0 Å². The van der Waals surface area contributed by atoms with Crippen LogP contribution in [-0.2, 0) is 9.53 Å². The van der Waals surface area contributed by atoms with Crippen LogP contribution in [0.15, 0.2) is 5.16 Å². The number of nitrogens with one attached hydrogen (secondary N) is 1. The van der Waals surface area contributed by atoms with Gasteiger partial charge in [-0.05, 0) is 63.9 Å². The van der Waals surface area contributed by atoms with Crippen molar-refractivity contribution in [2.75, 3.05) is 39.3 Å². The van der Waals surface area contributed by atoms with E-state index in [2.05, 4.69) is 25.7 Å². The molecule has 0 bridgehead atoms. The molecule has 1 N–H and O–H groups in total. The minimum atomic E-state index is -0.466. The quantitative estimate of drug-likeness (QED) is 0.480. The van der Waals surface area contributed by atoms with Crippen LogP contribution >= 0.6 is 11.8 Å². The summed E-state index contributed by atoms with van der Waals surface area (Å²) in [6, 6.07) is 0.397. The first-order valence-electron chi connectivity index (χ1n) is 10.7. The molecule has 3 rings (SSSR count). The molecule has 2 heterocycles. The molecule has 1 aliphatic carbocycles. The lowest BCUT2D eigenvalue weighted by molar-refractivity contribution is -0.120. The summed E-state index contributed by atoms with van der Waals surface area (Å²) in [5.74, 6) is 0.0000851. The molecule has 2 fully saturated rings. The molecule has 1 saturated carbocycles. The zero-order valence-electron chi connectivity index (χ0n) is 18.3. The Balaban J connectivity index is 1.29. The van der Waals surface area contributed by atoms with Gasteiger partial charge in [-0.2, -0.15) is 0 Å². The Kier molecular flexibility index (Phi) is 7.56. The van der Waals surface area contributed by atoms with Crippen molar-refractivity contribution in [3.63, 3.8) is 0 Å². The van der Waals surface area contributed by atoms with Crippen LogP contribution < -0.4 is 5.32 Å². The summed E-state index contributed by atoms with van der Waals surface area (Å²) >= 11 is 1.40. The molecule has 0 radical (unpaired) electrons. The van der Waals surface area contributed by atoms with Crippen molar-refractivity contribution in [1.82, 2.24) is 35.3 Å². The maximum atomic E-state index is 12.4. The smallest absolute Gasteiger partial charge is 0.410 e. The highest BCUT2D eigenvalue weighted by atomic mass is 32.2. The molecule has 2 amide bonds. The average molecular weight is 440 g/mol. The van der Waals surface area contributed by atoms with Crippen LogP contribution in [0.25, 0.3) is 0 Å². The van der Waals surface area contributed by atoms with E-state index < -0.39 is 5.60 Å². The fourth-order valence-corrected chi connectivity index (χ4v) is 4.05. The number of hydrogen-bond acceptors (Lipinski definition) is 8. The van der Waals surface area contributed by atoms with Gasteiger partial charge < -0.3 is 15.0 Å². The van der Waals surface area contributed by atoms with Gasteiger partial charge in [-0.3, -0.25) is 9.69 Å². The summed E-state index contributed by atoms with van der Waals surface area (Å²) in [5, 5.41) is 15.3. The van der Waals surface area contributed by atoms with Crippen LogP contribution in [0.3, 0.4) is 0 Å². The first kappa shape index (κ1) is 22.8. The minimum Gasteiger partial charge on any atom is -0.444 e. The van der Waals surface area contributed by atoms with E-state index in [9.17, 15) is 9.59 Å². The molecule has 1 saturated heterocycles. The van der Waals surface area contributed by atoms with Gasteiger partial charge in [0.05, 0.1) is 11.3 Å². The second-order valence-electron chi connectivity index (χ2n) is 8.85. The van der Waals surface area contributed by atoms with Gasteiger partial charge in [0.25, 0.3) is 0 Å². The summed E-state index contributed by atoms with van der Waals surface area (Å²) in [5.41, 5.74) is -0.466. The number of tetrazole rings is 1. The van der Waals surface area contributed by atoms with Crippen LogP contribution in [0, 0.1) is 0 Å². The zero-order valence-corrected chi connectivity index (χ0v) is 19.2. The Labute approximate surface area is 182 Å². The number of rotatable bonds is 8. The van der Waals surface area contributed by atoms with Gasteiger partial charge in [0.15, 0.2) is 0 Å². The average Bonchev–Trinajstić information content (AvgIpc) is 3.43. The summed E-state index contributed by atoms with van der Waals surface area (Å²) in [4.78, 5) is 28.6. The van der Waals surface area contributed by atoms with Gasteiger partial charge in [0.2, 0.25) is 11.1 Å². The Morgan fingerprint density at radius 2 is 1.93 bits per heavy atom. The van der Waals surface area contributed by atoms with Gasteiger partial charge in [-0.25, -0.2) is 9.48 Å². The molecule has 30 heavy (non-hydrogen) atoms.